The number of carbonyl (C=O) groups is 1. The van der Waals surface area contributed by atoms with Crippen molar-refractivity contribution in [3.63, 3.8) is 0 Å². The molecule has 0 amide bonds. The minimum Gasteiger partial charge on any atom is -0.463 e. The number of hydrogen-bond donors (Lipinski definition) is 1. The Morgan fingerprint density at radius 1 is 1.82 bits per heavy atom. The van der Waals surface area contributed by atoms with Crippen molar-refractivity contribution in [1.82, 2.24) is 0 Å². The summed E-state index contributed by atoms with van der Waals surface area (Å²) in [7, 11) is 0. The molecule has 0 unspecified atom stereocenters. The number of nitrogens with two attached hydrogens (primary N) is 1. The van der Waals surface area contributed by atoms with Crippen LogP contribution < -0.4 is 5.73 Å². The summed E-state index contributed by atoms with van der Waals surface area (Å²) in [5.41, 5.74) is 6.63. The highest BCUT2D eigenvalue weighted by molar-refractivity contribution is 5.83. The lowest BCUT2D eigenvalue weighted by molar-refractivity contribution is -0.137. The summed E-state index contributed by atoms with van der Waals surface area (Å²) in [6.07, 6.45) is 3.24. The highest BCUT2D eigenvalue weighted by atomic mass is 16.5. The van der Waals surface area contributed by atoms with Gasteiger partial charge in [0.1, 0.15) is 0 Å². The van der Waals surface area contributed by atoms with Gasteiger partial charge in [0, 0.05) is 12.1 Å². The second-order valence-corrected chi connectivity index (χ2v) is 2.72. The molecule has 1 rings (SSSR count). The van der Waals surface area contributed by atoms with E-state index in [9.17, 15) is 4.79 Å². The zero-order valence-corrected chi connectivity index (χ0v) is 6.67. The van der Waals surface area contributed by atoms with Crippen molar-refractivity contribution in [3.8, 4) is 0 Å². The van der Waals surface area contributed by atoms with Gasteiger partial charge in [-0.25, -0.2) is 4.79 Å². The van der Waals surface area contributed by atoms with Crippen LogP contribution in [0.25, 0.3) is 0 Å². The molecule has 1 saturated carbocycles. The van der Waals surface area contributed by atoms with Crippen molar-refractivity contribution in [3.05, 3.63) is 11.6 Å². The monoisotopic (exact) mass is 155 g/mol. The summed E-state index contributed by atoms with van der Waals surface area (Å²) in [6, 6.07) is 0.260. The molecule has 0 aromatic rings. The highest BCUT2D eigenvalue weighted by Gasteiger charge is 2.19. The Morgan fingerprint density at radius 3 is 2.91 bits per heavy atom. The molecule has 1 aliphatic carbocycles. The van der Waals surface area contributed by atoms with Gasteiger partial charge >= 0.3 is 5.97 Å². The normalized spacial score (nSPS) is 22.4. The first kappa shape index (κ1) is 8.27. The lowest BCUT2D eigenvalue weighted by atomic mass is 9.87. The summed E-state index contributed by atoms with van der Waals surface area (Å²) in [4.78, 5) is 10.8. The smallest absolute Gasteiger partial charge is 0.330 e. The van der Waals surface area contributed by atoms with Crippen molar-refractivity contribution in [1.29, 1.82) is 0 Å². The maximum absolute atomic E-state index is 10.8. The largest absolute Gasteiger partial charge is 0.463 e. The Bertz CT molecular complexity index is 179. The Balaban J connectivity index is 2.29. The molecule has 0 atom stereocenters. The molecule has 1 fully saturated rings. The predicted molar refractivity (Wildman–Crippen MR) is 41.9 cm³/mol. The second-order valence-electron chi connectivity index (χ2n) is 2.72. The van der Waals surface area contributed by atoms with E-state index in [0.29, 0.717) is 6.61 Å². The first-order valence-corrected chi connectivity index (χ1v) is 3.84. The molecule has 0 bridgehead atoms. The molecule has 2 N–H and O–H groups in total. The van der Waals surface area contributed by atoms with Crippen LogP contribution in [-0.2, 0) is 9.53 Å². The van der Waals surface area contributed by atoms with E-state index in [1.54, 1.807) is 13.0 Å². The molecule has 0 saturated heterocycles. The third-order valence-electron chi connectivity index (χ3n) is 1.66. The number of hydrogen-bond acceptors (Lipinski definition) is 3. The van der Waals surface area contributed by atoms with E-state index in [1.807, 2.05) is 0 Å². The Labute approximate surface area is 66.2 Å². The number of carbonyl (C=O) groups excluding carboxylic acids is 1. The lowest BCUT2D eigenvalue weighted by Crippen LogP contribution is -2.30. The first-order valence-electron chi connectivity index (χ1n) is 3.84. The van der Waals surface area contributed by atoms with Crippen molar-refractivity contribution >= 4 is 5.97 Å². The van der Waals surface area contributed by atoms with E-state index in [4.69, 9.17) is 10.5 Å². The third kappa shape index (κ3) is 2.35. The van der Waals surface area contributed by atoms with Gasteiger partial charge in [0.2, 0.25) is 0 Å². The summed E-state index contributed by atoms with van der Waals surface area (Å²) in [5, 5.41) is 0. The maximum Gasteiger partial charge on any atom is 0.330 e. The van der Waals surface area contributed by atoms with Gasteiger partial charge in [0.25, 0.3) is 0 Å². The molecule has 0 aliphatic heterocycles. The van der Waals surface area contributed by atoms with Crippen molar-refractivity contribution in [2.75, 3.05) is 6.61 Å². The first-order chi connectivity index (χ1) is 5.22. The summed E-state index contributed by atoms with van der Waals surface area (Å²) in [6.45, 7) is 2.23. The van der Waals surface area contributed by atoms with Gasteiger partial charge in [-0.1, -0.05) is 5.57 Å². The van der Waals surface area contributed by atoms with Crippen molar-refractivity contribution in [2.45, 2.75) is 25.8 Å². The van der Waals surface area contributed by atoms with Crippen LogP contribution in [0.3, 0.4) is 0 Å². The van der Waals surface area contributed by atoms with Gasteiger partial charge in [0.15, 0.2) is 0 Å². The molecule has 3 nitrogen and oxygen atoms in total. The SMILES string of the molecule is CCOC(=O)C=C1CC(N)C1. The molecule has 0 aromatic carbocycles. The molecular weight excluding hydrogens is 142 g/mol. The number of esters is 1. The third-order valence-corrected chi connectivity index (χ3v) is 1.66. The fourth-order valence-corrected chi connectivity index (χ4v) is 1.08. The van der Waals surface area contributed by atoms with Gasteiger partial charge in [-0.3, -0.25) is 0 Å². The second kappa shape index (κ2) is 3.53. The van der Waals surface area contributed by atoms with Crippen LogP contribution in [0, 0.1) is 0 Å². The minimum atomic E-state index is -0.241. The Hall–Kier alpha value is -0.830. The fraction of sp³-hybridized carbons (Fsp3) is 0.625. The predicted octanol–water partition coefficient (Wildman–Crippen LogP) is 0.597. The number of ether oxygens (including phenoxy) is 1. The van der Waals surface area contributed by atoms with E-state index in [2.05, 4.69) is 0 Å². The van der Waals surface area contributed by atoms with Crippen molar-refractivity contribution in [2.24, 2.45) is 5.73 Å². The zero-order valence-electron chi connectivity index (χ0n) is 6.67. The van der Waals surface area contributed by atoms with Crippen LogP contribution in [0.15, 0.2) is 11.6 Å². The molecule has 62 valence electrons. The quantitative estimate of drug-likeness (QED) is 0.469. The van der Waals surface area contributed by atoms with Crippen LogP contribution >= 0.6 is 0 Å². The molecule has 0 spiro atoms. The summed E-state index contributed by atoms with van der Waals surface area (Å²) < 4.78 is 4.73. The molecule has 3 heteroatoms. The van der Waals surface area contributed by atoms with Gasteiger partial charge < -0.3 is 10.5 Å². The van der Waals surface area contributed by atoms with Gasteiger partial charge in [-0.15, -0.1) is 0 Å². The summed E-state index contributed by atoms with van der Waals surface area (Å²) >= 11 is 0. The van der Waals surface area contributed by atoms with E-state index in [1.165, 1.54) is 0 Å². The molecule has 0 radical (unpaired) electrons. The molecule has 11 heavy (non-hydrogen) atoms. The minimum absolute atomic E-state index is 0.241. The highest BCUT2D eigenvalue weighted by Crippen LogP contribution is 2.23. The van der Waals surface area contributed by atoms with Crippen LogP contribution in [0.4, 0.5) is 0 Å². The Kier molecular flexibility index (Phi) is 2.65. The van der Waals surface area contributed by atoms with E-state index in [-0.39, 0.29) is 12.0 Å². The average Bonchev–Trinajstić information content (AvgIpc) is 1.85. The van der Waals surface area contributed by atoms with E-state index >= 15 is 0 Å². The van der Waals surface area contributed by atoms with Crippen molar-refractivity contribution < 1.29 is 9.53 Å². The topological polar surface area (TPSA) is 52.3 Å². The van der Waals surface area contributed by atoms with E-state index < -0.39 is 0 Å². The maximum atomic E-state index is 10.8. The molecule has 1 aliphatic rings. The van der Waals surface area contributed by atoms with Gasteiger partial charge in [-0.2, -0.15) is 0 Å². The molecule has 0 aromatic heterocycles. The van der Waals surface area contributed by atoms with Gasteiger partial charge in [0.05, 0.1) is 6.61 Å². The Morgan fingerprint density at radius 2 is 2.45 bits per heavy atom. The lowest BCUT2D eigenvalue weighted by Gasteiger charge is -2.24. The molecular formula is C8H13NO2. The fourth-order valence-electron chi connectivity index (χ4n) is 1.08. The zero-order chi connectivity index (χ0) is 8.27. The molecule has 0 heterocycles. The summed E-state index contributed by atoms with van der Waals surface area (Å²) in [5.74, 6) is -0.241. The van der Waals surface area contributed by atoms with Crippen LogP contribution in [0.1, 0.15) is 19.8 Å². The van der Waals surface area contributed by atoms with Crippen LogP contribution in [0.5, 0.6) is 0 Å². The standard InChI is InChI=1S/C8H13NO2/c1-2-11-8(10)5-6-3-7(9)4-6/h5,7H,2-4,9H2,1H3. The van der Waals surface area contributed by atoms with Crippen LogP contribution in [-0.4, -0.2) is 18.6 Å². The average molecular weight is 155 g/mol. The van der Waals surface area contributed by atoms with Crippen LogP contribution in [0.2, 0.25) is 0 Å². The number of rotatable bonds is 2. The van der Waals surface area contributed by atoms with E-state index in [0.717, 1.165) is 18.4 Å². The van der Waals surface area contributed by atoms with Gasteiger partial charge in [-0.05, 0) is 19.8 Å².